The molecule has 0 fully saturated rings. The van der Waals surface area contributed by atoms with Crippen molar-refractivity contribution in [2.24, 2.45) is 0 Å². The van der Waals surface area contributed by atoms with Crippen molar-refractivity contribution in [3.63, 3.8) is 0 Å². The Morgan fingerprint density at radius 2 is 2.12 bits per heavy atom. The normalized spacial score (nSPS) is 12.1. The number of nitrogens with one attached hydrogen (secondary N) is 1. The monoisotopic (exact) mass is 274 g/mol. The van der Waals surface area contributed by atoms with Crippen molar-refractivity contribution in [1.29, 1.82) is 0 Å². The zero-order valence-electron chi connectivity index (χ0n) is 11.3. The number of aromatic nitrogens is 1. The fourth-order valence-electron chi connectivity index (χ4n) is 1.36. The first-order valence-electron chi connectivity index (χ1n) is 5.66. The van der Waals surface area contributed by atoms with Crippen molar-refractivity contribution >= 4 is 23.1 Å². The number of ether oxygens (including phenoxy) is 1. The smallest absolute Gasteiger partial charge is 0.103 e. The molecule has 1 aromatic heterocycles. The van der Waals surface area contributed by atoms with Crippen molar-refractivity contribution in [3.8, 4) is 0 Å². The summed E-state index contributed by atoms with van der Waals surface area (Å²) in [4.78, 5) is 5.92. The molecule has 98 valence electrons. The molecule has 17 heavy (non-hydrogen) atoms. The van der Waals surface area contributed by atoms with Crippen LogP contribution in [0.25, 0.3) is 0 Å². The highest BCUT2D eigenvalue weighted by atomic mass is 32.2. The van der Waals surface area contributed by atoms with E-state index in [-0.39, 0.29) is 5.54 Å². The second-order valence-corrected chi connectivity index (χ2v) is 6.98. The second kappa shape index (κ2) is 6.73. The van der Waals surface area contributed by atoms with E-state index >= 15 is 0 Å². The average Bonchev–Trinajstić information content (AvgIpc) is 2.58. The minimum Gasteiger partial charge on any atom is -0.378 e. The highest BCUT2D eigenvalue weighted by molar-refractivity contribution is 7.97. The first-order chi connectivity index (χ1) is 7.96. The van der Waals surface area contributed by atoms with E-state index in [0.717, 1.165) is 18.0 Å². The Morgan fingerprint density at radius 1 is 1.41 bits per heavy atom. The van der Waals surface area contributed by atoms with Gasteiger partial charge in [0.2, 0.25) is 0 Å². The Kier molecular flexibility index (Phi) is 5.92. The largest absolute Gasteiger partial charge is 0.378 e. The molecular weight excluding hydrogens is 252 g/mol. The minimum atomic E-state index is 0.133. The van der Waals surface area contributed by atoms with E-state index in [4.69, 9.17) is 4.74 Å². The Labute approximate surface area is 112 Å². The van der Waals surface area contributed by atoms with E-state index < -0.39 is 0 Å². The van der Waals surface area contributed by atoms with Gasteiger partial charge < -0.3 is 10.1 Å². The van der Waals surface area contributed by atoms with Gasteiger partial charge in [0.1, 0.15) is 5.01 Å². The van der Waals surface area contributed by atoms with Gasteiger partial charge in [-0.3, -0.25) is 0 Å². The molecule has 1 N–H and O–H groups in total. The number of rotatable bonds is 6. The number of nitrogens with zero attached hydrogens (tertiary/aromatic N) is 1. The quantitative estimate of drug-likeness (QED) is 0.864. The van der Waals surface area contributed by atoms with Crippen molar-refractivity contribution in [1.82, 2.24) is 10.3 Å². The van der Waals surface area contributed by atoms with Crippen LogP contribution in [-0.4, -0.2) is 23.9 Å². The molecule has 0 aliphatic heterocycles. The Hall–Kier alpha value is -0.100. The fraction of sp³-hybridized carbons (Fsp3) is 0.750. The standard InChI is InChI=1S/C12H22N2OS2/c1-12(2,3)13-6-10-9(7-15-4)14-11(17-10)8-16-5/h13H,6-8H2,1-5H3. The van der Waals surface area contributed by atoms with E-state index in [1.54, 1.807) is 30.2 Å². The van der Waals surface area contributed by atoms with E-state index in [1.165, 1.54) is 9.88 Å². The number of hydrogen-bond acceptors (Lipinski definition) is 5. The minimum absolute atomic E-state index is 0.133. The lowest BCUT2D eigenvalue weighted by Crippen LogP contribution is -2.35. The van der Waals surface area contributed by atoms with Crippen molar-refractivity contribution in [2.75, 3.05) is 13.4 Å². The van der Waals surface area contributed by atoms with Gasteiger partial charge in [0, 0.05) is 29.8 Å². The zero-order valence-corrected chi connectivity index (χ0v) is 12.9. The highest BCUT2D eigenvalue weighted by Crippen LogP contribution is 2.23. The SMILES string of the molecule is COCc1nc(CSC)sc1CNC(C)(C)C. The number of thiazole rings is 1. The zero-order chi connectivity index (χ0) is 12.9. The van der Waals surface area contributed by atoms with Crippen molar-refractivity contribution in [3.05, 3.63) is 15.6 Å². The molecule has 0 aliphatic rings. The van der Waals surface area contributed by atoms with Gasteiger partial charge in [-0.05, 0) is 27.0 Å². The van der Waals surface area contributed by atoms with Gasteiger partial charge in [-0.15, -0.1) is 11.3 Å². The highest BCUT2D eigenvalue weighted by Gasteiger charge is 2.14. The summed E-state index contributed by atoms with van der Waals surface area (Å²) in [5, 5.41) is 4.69. The molecule has 1 heterocycles. The summed E-state index contributed by atoms with van der Waals surface area (Å²) in [6.45, 7) is 7.99. The summed E-state index contributed by atoms with van der Waals surface area (Å²) in [5.41, 5.74) is 1.21. The Bertz CT molecular complexity index is 345. The van der Waals surface area contributed by atoms with E-state index in [2.05, 4.69) is 37.3 Å². The lowest BCUT2D eigenvalue weighted by atomic mass is 10.1. The maximum absolute atomic E-state index is 5.20. The predicted octanol–water partition coefficient (Wildman–Crippen LogP) is 3.04. The fourth-order valence-corrected chi connectivity index (χ4v) is 3.06. The van der Waals surface area contributed by atoms with Crippen LogP contribution in [0.5, 0.6) is 0 Å². The molecule has 5 heteroatoms. The van der Waals surface area contributed by atoms with Crippen LogP contribution in [0.4, 0.5) is 0 Å². The third kappa shape index (κ3) is 5.38. The summed E-state index contributed by atoms with van der Waals surface area (Å²) < 4.78 is 5.20. The molecule has 0 unspecified atom stereocenters. The molecule has 0 aliphatic carbocycles. The van der Waals surface area contributed by atoms with Gasteiger partial charge in [-0.25, -0.2) is 4.98 Å². The molecule has 1 rings (SSSR count). The topological polar surface area (TPSA) is 34.1 Å². The van der Waals surface area contributed by atoms with Gasteiger partial charge in [0.05, 0.1) is 12.3 Å². The maximum atomic E-state index is 5.20. The van der Waals surface area contributed by atoms with E-state index in [0.29, 0.717) is 6.61 Å². The van der Waals surface area contributed by atoms with E-state index in [9.17, 15) is 0 Å². The van der Waals surface area contributed by atoms with Crippen molar-refractivity contribution in [2.45, 2.75) is 45.2 Å². The van der Waals surface area contributed by atoms with Crippen LogP contribution in [0, 0.1) is 0 Å². The third-order valence-corrected chi connectivity index (χ3v) is 3.99. The average molecular weight is 274 g/mol. The summed E-state index contributed by atoms with van der Waals surface area (Å²) in [6.07, 6.45) is 2.10. The van der Waals surface area contributed by atoms with Crippen LogP contribution in [0.15, 0.2) is 0 Å². The molecule has 0 spiro atoms. The lowest BCUT2D eigenvalue weighted by molar-refractivity contribution is 0.181. The second-order valence-electron chi connectivity index (χ2n) is 4.95. The summed E-state index contributed by atoms with van der Waals surface area (Å²) in [7, 11) is 1.72. The van der Waals surface area contributed by atoms with Gasteiger partial charge in [-0.2, -0.15) is 11.8 Å². The summed E-state index contributed by atoms with van der Waals surface area (Å²) >= 11 is 3.60. The molecule has 0 atom stereocenters. The van der Waals surface area contributed by atoms with Crippen LogP contribution in [-0.2, 0) is 23.6 Å². The number of hydrogen-bond donors (Lipinski definition) is 1. The Morgan fingerprint density at radius 3 is 2.65 bits per heavy atom. The molecule has 0 bridgehead atoms. The van der Waals surface area contributed by atoms with Crippen LogP contribution in [0.2, 0.25) is 0 Å². The summed E-state index contributed by atoms with van der Waals surface area (Å²) in [6, 6.07) is 0. The van der Waals surface area contributed by atoms with Crippen LogP contribution >= 0.6 is 23.1 Å². The number of methoxy groups -OCH3 is 1. The molecule has 0 saturated heterocycles. The molecular formula is C12H22N2OS2. The molecule has 0 aromatic carbocycles. The van der Waals surface area contributed by atoms with Crippen LogP contribution in [0.3, 0.4) is 0 Å². The number of thioether (sulfide) groups is 1. The van der Waals surface area contributed by atoms with Crippen LogP contribution < -0.4 is 5.32 Å². The summed E-state index contributed by atoms with van der Waals surface area (Å²) in [5.74, 6) is 0.983. The Balaban J connectivity index is 2.73. The molecule has 0 saturated carbocycles. The lowest BCUT2D eigenvalue weighted by Gasteiger charge is -2.20. The molecule has 1 aromatic rings. The predicted molar refractivity (Wildman–Crippen MR) is 76.6 cm³/mol. The first-order valence-corrected chi connectivity index (χ1v) is 7.87. The van der Waals surface area contributed by atoms with Crippen molar-refractivity contribution < 1.29 is 4.74 Å². The van der Waals surface area contributed by atoms with Crippen LogP contribution in [0.1, 0.15) is 36.3 Å². The third-order valence-electron chi connectivity index (χ3n) is 2.15. The van der Waals surface area contributed by atoms with Gasteiger partial charge in [0.15, 0.2) is 0 Å². The van der Waals surface area contributed by atoms with Gasteiger partial charge >= 0.3 is 0 Å². The first kappa shape index (κ1) is 15.0. The van der Waals surface area contributed by atoms with Gasteiger partial charge in [-0.1, -0.05) is 0 Å². The maximum Gasteiger partial charge on any atom is 0.103 e. The van der Waals surface area contributed by atoms with E-state index in [1.807, 2.05) is 0 Å². The van der Waals surface area contributed by atoms with Gasteiger partial charge in [0.25, 0.3) is 0 Å². The molecule has 3 nitrogen and oxygen atoms in total. The molecule has 0 amide bonds. The molecule has 0 radical (unpaired) electrons.